The minimum absolute atomic E-state index is 0.833. The van der Waals surface area contributed by atoms with E-state index >= 15 is 0 Å². The molecule has 0 N–H and O–H groups in total. The van der Waals surface area contributed by atoms with Crippen molar-refractivity contribution in [2.75, 3.05) is 26.3 Å². The number of hydrogen-bond donors (Lipinski definition) is 0. The maximum absolute atomic E-state index is 5.19. The van der Waals surface area contributed by atoms with Gasteiger partial charge in [0.25, 0.3) is 0 Å². The summed E-state index contributed by atoms with van der Waals surface area (Å²) in [5.41, 5.74) is 0. The summed E-state index contributed by atoms with van der Waals surface area (Å²) in [6, 6.07) is 0. The summed E-state index contributed by atoms with van der Waals surface area (Å²) in [5.74, 6) is 0. The van der Waals surface area contributed by atoms with Gasteiger partial charge in [-0.05, 0) is 6.42 Å². The van der Waals surface area contributed by atoms with E-state index < -0.39 is 0 Å². The lowest BCUT2D eigenvalue weighted by molar-refractivity contribution is 0.0684. The van der Waals surface area contributed by atoms with Crippen LogP contribution >= 0.6 is 12.2 Å². The SMILES string of the molecule is CCC(=S)N1CCOCC1. The third-order valence-electron chi connectivity index (χ3n) is 1.67. The molecule has 1 rings (SSSR count). The molecular weight excluding hydrogens is 146 g/mol. The topological polar surface area (TPSA) is 12.5 Å². The van der Waals surface area contributed by atoms with Gasteiger partial charge < -0.3 is 9.64 Å². The largest absolute Gasteiger partial charge is 0.378 e. The molecule has 0 aliphatic carbocycles. The van der Waals surface area contributed by atoms with E-state index in [0.717, 1.165) is 37.7 Å². The molecule has 0 saturated carbocycles. The molecule has 1 saturated heterocycles. The molecule has 0 atom stereocenters. The number of morpholine rings is 1. The second-order valence-corrected chi connectivity index (χ2v) is 2.82. The third kappa shape index (κ3) is 1.92. The number of thiocarbonyl (C=S) groups is 1. The van der Waals surface area contributed by atoms with Crippen molar-refractivity contribution in [1.29, 1.82) is 0 Å². The predicted molar refractivity (Wildman–Crippen MR) is 45.3 cm³/mol. The Morgan fingerprint density at radius 3 is 2.60 bits per heavy atom. The fourth-order valence-corrected chi connectivity index (χ4v) is 1.22. The van der Waals surface area contributed by atoms with Crippen LogP contribution in [-0.2, 0) is 4.74 Å². The van der Waals surface area contributed by atoms with Gasteiger partial charge >= 0.3 is 0 Å². The van der Waals surface area contributed by atoms with Gasteiger partial charge in [-0.3, -0.25) is 0 Å². The molecule has 1 aliphatic heterocycles. The molecule has 0 amide bonds. The molecule has 1 heterocycles. The van der Waals surface area contributed by atoms with Crippen molar-refractivity contribution in [3.63, 3.8) is 0 Å². The van der Waals surface area contributed by atoms with E-state index in [1.54, 1.807) is 0 Å². The van der Waals surface area contributed by atoms with Crippen molar-refractivity contribution in [3.05, 3.63) is 0 Å². The summed E-state index contributed by atoms with van der Waals surface area (Å²) < 4.78 is 5.19. The highest BCUT2D eigenvalue weighted by Gasteiger charge is 2.10. The van der Waals surface area contributed by atoms with Crippen molar-refractivity contribution in [2.45, 2.75) is 13.3 Å². The minimum Gasteiger partial charge on any atom is -0.378 e. The van der Waals surface area contributed by atoms with E-state index in [9.17, 15) is 0 Å². The molecule has 58 valence electrons. The fraction of sp³-hybridized carbons (Fsp3) is 0.857. The van der Waals surface area contributed by atoms with Crippen LogP contribution in [0.1, 0.15) is 13.3 Å². The van der Waals surface area contributed by atoms with Gasteiger partial charge in [-0.15, -0.1) is 0 Å². The normalized spacial score (nSPS) is 19.1. The van der Waals surface area contributed by atoms with Crippen LogP contribution in [0.2, 0.25) is 0 Å². The smallest absolute Gasteiger partial charge is 0.0778 e. The molecule has 0 bridgehead atoms. The van der Waals surface area contributed by atoms with Crippen LogP contribution < -0.4 is 0 Å². The number of hydrogen-bond acceptors (Lipinski definition) is 2. The van der Waals surface area contributed by atoms with Gasteiger partial charge in [-0.1, -0.05) is 19.1 Å². The number of rotatable bonds is 1. The van der Waals surface area contributed by atoms with E-state index in [0.29, 0.717) is 0 Å². The molecule has 3 heteroatoms. The summed E-state index contributed by atoms with van der Waals surface area (Å²) in [5, 5.41) is 0. The maximum Gasteiger partial charge on any atom is 0.0778 e. The molecule has 1 aliphatic rings. The Kier molecular flexibility index (Phi) is 3.09. The Morgan fingerprint density at radius 1 is 1.50 bits per heavy atom. The summed E-state index contributed by atoms with van der Waals surface area (Å²) in [7, 11) is 0. The highest BCUT2D eigenvalue weighted by atomic mass is 32.1. The van der Waals surface area contributed by atoms with Crippen LogP contribution in [0.5, 0.6) is 0 Å². The van der Waals surface area contributed by atoms with Gasteiger partial charge in [0, 0.05) is 13.1 Å². The van der Waals surface area contributed by atoms with E-state index in [4.69, 9.17) is 17.0 Å². The lowest BCUT2D eigenvalue weighted by Crippen LogP contribution is -2.39. The van der Waals surface area contributed by atoms with E-state index in [-0.39, 0.29) is 0 Å². The standard InChI is InChI=1S/C7H13NOS/c1-2-7(10)8-3-5-9-6-4-8/h2-6H2,1H3. The Hall–Kier alpha value is -0.150. The van der Waals surface area contributed by atoms with Gasteiger partial charge in [0.1, 0.15) is 0 Å². The minimum atomic E-state index is 0.833. The van der Waals surface area contributed by atoms with Gasteiger partial charge in [-0.25, -0.2) is 0 Å². The molecule has 2 nitrogen and oxygen atoms in total. The number of nitrogens with zero attached hydrogens (tertiary/aromatic N) is 1. The molecule has 0 spiro atoms. The van der Waals surface area contributed by atoms with Crippen LogP contribution in [0.25, 0.3) is 0 Å². The Bertz CT molecular complexity index is 121. The molecule has 10 heavy (non-hydrogen) atoms. The van der Waals surface area contributed by atoms with Crippen molar-refractivity contribution in [3.8, 4) is 0 Å². The first-order valence-corrected chi connectivity index (χ1v) is 4.11. The predicted octanol–water partition coefficient (Wildman–Crippen LogP) is 1.06. The fourth-order valence-electron chi connectivity index (χ4n) is 1.04. The first kappa shape index (κ1) is 7.95. The molecular formula is C7H13NOS. The summed E-state index contributed by atoms with van der Waals surface area (Å²) in [4.78, 5) is 3.29. The average molecular weight is 159 g/mol. The third-order valence-corrected chi connectivity index (χ3v) is 2.21. The zero-order valence-corrected chi connectivity index (χ0v) is 7.12. The van der Waals surface area contributed by atoms with Crippen molar-refractivity contribution >= 4 is 17.2 Å². The van der Waals surface area contributed by atoms with Crippen LogP contribution in [0.4, 0.5) is 0 Å². The number of ether oxygens (including phenoxy) is 1. The highest BCUT2D eigenvalue weighted by molar-refractivity contribution is 7.80. The highest BCUT2D eigenvalue weighted by Crippen LogP contribution is 2.00. The average Bonchev–Trinajstić information content (AvgIpc) is 2.05. The Labute approximate surface area is 67.2 Å². The van der Waals surface area contributed by atoms with Crippen molar-refractivity contribution in [2.24, 2.45) is 0 Å². The van der Waals surface area contributed by atoms with Gasteiger partial charge in [0.05, 0.1) is 18.2 Å². The summed E-state index contributed by atoms with van der Waals surface area (Å²) >= 11 is 5.15. The monoisotopic (exact) mass is 159 g/mol. The zero-order chi connectivity index (χ0) is 7.40. The first-order valence-electron chi connectivity index (χ1n) is 3.70. The van der Waals surface area contributed by atoms with Crippen molar-refractivity contribution in [1.82, 2.24) is 4.90 Å². The molecule has 0 aromatic rings. The first-order chi connectivity index (χ1) is 4.84. The second kappa shape index (κ2) is 3.88. The lowest BCUT2D eigenvalue weighted by atomic mass is 10.3. The summed E-state index contributed by atoms with van der Waals surface area (Å²) in [6.07, 6.45) is 0.981. The van der Waals surface area contributed by atoms with Crippen LogP contribution in [0.15, 0.2) is 0 Å². The molecule has 0 unspecified atom stereocenters. The molecule has 0 aromatic heterocycles. The lowest BCUT2D eigenvalue weighted by Gasteiger charge is -2.28. The molecule has 0 radical (unpaired) electrons. The van der Waals surface area contributed by atoms with Gasteiger partial charge in [0.2, 0.25) is 0 Å². The van der Waals surface area contributed by atoms with Gasteiger partial charge in [-0.2, -0.15) is 0 Å². The van der Waals surface area contributed by atoms with Crippen molar-refractivity contribution < 1.29 is 4.74 Å². The van der Waals surface area contributed by atoms with E-state index in [1.807, 2.05) is 0 Å². The molecule has 1 fully saturated rings. The molecule has 0 aromatic carbocycles. The second-order valence-electron chi connectivity index (χ2n) is 2.35. The van der Waals surface area contributed by atoms with Crippen LogP contribution in [-0.4, -0.2) is 36.2 Å². The van der Waals surface area contributed by atoms with Gasteiger partial charge in [0.15, 0.2) is 0 Å². The Morgan fingerprint density at radius 2 is 2.10 bits per heavy atom. The van der Waals surface area contributed by atoms with Crippen LogP contribution in [0, 0.1) is 0 Å². The maximum atomic E-state index is 5.19. The van der Waals surface area contributed by atoms with E-state index in [2.05, 4.69) is 11.8 Å². The summed E-state index contributed by atoms with van der Waals surface area (Å²) in [6.45, 7) is 5.72. The Balaban J connectivity index is 2.31. The quantitative estimate of drug-likeness (QED) is 0.531. The zero-order valence-electron chi connectivity index (χ0n) is 6.30. The van der Waals surface area contributed by atoms with Crippen LogP contribution in [0.3, 0.4) is 0 Å². The van der Waals surface area contributed by atoms with E-state index in [1.165, 1.54) is 0 Å².